The summed E-state index contributed by atoms with van der Waals surface area (Å²) in [5.41, 5.74) is 1.47. The van der Waals surface area contributed by atoms with E-state index in [0.717, 1.165) is 16.5 Å². The van der Waals surface area contributed by atoms with E-state index in [1.54, 1.807) is 19.2 Å². The Kier molecular flexibility index (Phi) is 4.23. The maximum absolute atomic E-state index is 11.0. The Hall–Kier alpha value is -2.09. The molecule has 8 heteroatoms. The smallest absolute Gasteiger partial charge is 0.292 e. The lowest BCUT2D eigenvalue weighted by atomic mass is 10.2. The molecular weight excluding hydrogens is 278 g/mol. The number of rotatable bonds is 5. The van der Waals surface area contributed by atoms with E-state index in [2.05, 4.69) is 15.5 Å². The fraction of sp³-hybridized carbons (Fsp3) is 0.333. The normalized spacial score (nSPS) is 10.6. The van der Waals surface area contributed by atoms with Crippen molar-refractivity contribution >= 4 is 23.1 Å². The largest absolute Gasteiger partial charge is 0.383 e. The van der Waals surface area contributed by atoms with Gasteiger partial charge in [-0.05, 0) is 18.6 Å². The fourth-order valence-electron chi connectivity index (χ4n) is 1.69. The fourth-order valence-corrected chi connectivity index (χ4v) is 2.59. The lowest BCUT2D eigenvalue weighted by Gasteiger charge is -2.05. The topological polar surface area (TPSA) is 85.9 Å². The van der Waals surface area contributed by atoms with Gasteiger partial charge in [-0.1, -0.05) is 17.8 Å². The average Bonchev–Trinajstić information content (AvgIpc) is 2.76. The molecule has 0 unspecified atom stereocenters. The van der Waals surface area contributed by atoms with Crippen LogP contribution in [0.15, 0.2) is 23.4 Å². The third-order valence-corrected chi connectivity index (χ3v) is 4.04. The van der Waals surface area contributed by atoms with Crippen LogP contribution in [0.3, 0.4) is 0 Å². The molecule has 0 saturated carbocycles. The molecule has 7 nitrogen and oxygen atoms in total. The van der Waals surface area contributed by atoms with E-state index in [4.69, 9.17) is 0 Å². The minimum absolute atomic E-state index is 0.0831. The van der Waals surface area contributed by atoms with Crippen LogP contribution in [0.5, 0.6) is 0 Å². The highest BCUT2D eigenvalue weighted by Crippen LogP contribution is 2.28. The number of aryl methyl sites for hydroxylation is 1. The second-order valence-electron chi connectivity index (χ2n) is 4.24. The molecule has 1 aromatic heterocycles. The Labute approximate surface area is 120 Å². The number of nitrogens with zero attached hydrogens (tertiary/aromatic N) is 4. The molecule has 0 saturated heterocycles. The number of aromatic nitrogens is 3. The highest BCUT2D eigenvalue weighted by atomic mass is 32.2. The molecule has 0 amide bonds. The number of anilines is 1. The molecule has 2 aromatic rings. The van der Waals surface area contributed by atoms with E-state index in [9.17, 15) is 10.1 Å². The number of hydrogen-bond acceptors (Lipinski definition) is 6. The number of thioether (sulfide) groups is 1. The summed E-state index contributed by atoms with van der Waals surface area (Å²) >= 11 is 1.50. The molecule has 0 bridgehead atoms. The van der Waals surface area contributed by atoms with Crippen LogP contribution in [-0.4, -0.2) is 26.7 Å². The van der Waals surface area contributed by atoms with E-state index >= 15 is 0 Å². The Morgan fingerprint density at radius 2 is 2.20 bits per heavy atom. The lowest BCUT2D eigenvalue weighted by Crippen LogP contribution is -1.98. The SMILES string of the molecule is CNc1ccc(CSc2nnc(C)n2C)cc1[N+](=O)[O-]. The van der Waals surface area contributed by atoms with Gasteiger partial charge in [-0.3, -0.25) is 10.1 Å². The molecule has 0 radical (unpaired) electrons. The highest BCUT2D eigenvalue weighted by molar-refractivity contribution is 7.98. The van der Waals surface area contributed by atoms with E-state index in [1.807, 2.05) is 24.6 Å². The molecular formula is C12H15N5O2S. The summed E-state index contributed by atoms with van der Waals surface area (Å²) in [7, 11) is 3.56. The summed E-state index contributed by atoms with van der Waals surface area (Å²) in [6.45, 7) is 1.88. The predicted molar refractivity (Wildman–Crippen MR) is 77.9 cm³/mol. The maximum atomic E-state index is 11.0. The van der Waals surface area contributed by atoms with Crippen molar-refractivity contribution in [1.29, 1.82) is 0 Å². The Balaban J connectivity index is 2.16. The molecule has 106 valence electrons. The maximum Gasteiger partial charge on any atom is 0.292 e. The van der Waals surface area contributed by atoms with Gasteiger partial charge < -0.3 is 9.88 Å². The molecule has 1 aromatic carbocycles. The first-order valence-electron chi connectivity index (χ1n) is 5.96. The van der Waals surface area contributed by atoms with E-state index in [-0.39, 0.29) is 10.6 Å². The van der Waals surface area contributed by atoms with Gasteiger partial charge >= 0.3 is 0 Å². The van der Waals surface area contributed by atoms with Crippen molar-refractivity contribution in [3.8, 4) is 0 Å². The van der Waals surface area contributed by atoms with Crippen molar-refractivity contribution in [3.63, 3.8) is 0 Å². The molecule has 1 heterocycles. The van der Waals surface area contributed by atoms with Crippen LogP contribution < -0.4 is 5.32 Å². The summed E-state index contributed by atoms with van der Waals surface area (Å²) in [5, 5.41) is 22.6. The minimum Gasteiger partial charge on any atom is -0.383 e. The van der Waals surface area contributed by atoms with E-state index < -0.39 is 0 Å². The van der Waals surface area contributed by atoms with Gasteiger partial charge in [-0.15, -0.1) is 10.2 Å². The minimum atomic E-state index is -0.382. The molecule has 0 spiro atoms. The summed E-state index contributed by atoms with van der Waals surface area (Å²) in [4.78, 5) is 10.6. The van der Waals surface area contributed by atoms with Crippen molar-refractivity contribution in [3.05, 3.63) is 39.7 Å². The summed E-state index contributed by atoms with van der Waals surface area (Å²) < 4.78 is 1.89. The van der Waals surface area contributed by atoms with Gasteiger partial charge in [0.25, 0.3) is 5.69 Å². The number of nitro benzene ring substituents is 1. The number of nitrogens with one attached hydrogen (secondary N) is 1. The summed E-state index contributed by atoms with van der Waals surface area (Å²) in [6, 6.07) is 5.17. The zero-order valence-electron chi connectivity index (χ0n) is 11.5. The molecule has 0 aliphatic rings. The van der Waals surface area contributed by atoms with Crippen LogP contribution in [0, 0.1) is 17.0 Å². The van der Waals surface area contributed by atoms with Crippen LogP contribution in [0.25, 0.3) is 0 Å². The summed E-state index contributed by atoms with van der Waals surface area (Å²) in [5.74, 6) is 1.44. The van der Waals surface area contributed by atoms with Crippen LogP contribution in [0.1, 0.15) is 11.4 Å². The summed E-state index contributed by atoms with van der Waals surface area (Å²) in [6.07, 6.45) is 0. The van der Waals surface area contributed by atoms with Crippen molar-refractivity contribution in [2.24, 2.45) is 7.05 Å². The molecule has 0 atom stereocenters. The number of benzene rings is 1. The van der Waals surface area contributed by atoms with Gasteiger partial charge in [-0.25, -0.2) is 0 Å². The van der Waals surface area contributed by atoms with Crippen molar-refractivity contribution in [2.45, 2.75) is 17.8 Å². The Morgan fingerprint density at radius 1 is 1.45 bits per heavy atom. The van der Waals surface area contributed by atoms with E-state index in [1.165, 1.54) is 11.8 Å². The van der Waals surface area contributed by atoms with Crippen LogP contribution >= 0.6 is 11.8 Å². The standard InChI is InChI=1S/C12H15N5O2S/c1-8-14-15-12(16(8)3)20-7-9-4-5-10(13-2)11(6-9)17(18)19/h4-6,13H,7H2,1-3H3. The molecule has 1 N–H and O–H groups in total. The Bertz CT molecular complexity index is 641. The number of hydrogen-bond donors (Lipinski definition) is 1. The highest BCUT2D eigenvalue weighted by Gasteiger charge is 2.14. The van der Waals surface area contributed by atoms with Crippen LogP contribution in [0.2, 0.25) is 0 Å². The molecule has 20 heavy (non-hydrogen) atoms. The van der Waals surface area contributed by atoms with Gasteiger partial charge in [0.05, 0.1) is 4.92 Å². The molecule has 0 fully saturated rings. The average molecular weight is 293 g/mol. The zero-order valence-corrected chi connectivity index (χ0v) is 12.3. The monoisotopic (exact) mass is 293 g/mol. The van der Waals surface area contributed by atoms with E-state index in [0.29, 0.717) is 11.4 Å². The first kappa shape index (κ1) is 14.3. The zero-order chi connectivity index (χ0) is 14.7. The van der Waals surface area contributed by atoms with Crippen molar-refractivity contribution < 1.29 is 4.92 Å². The van der Waals surface area contributed by atoms with Crippen LogP contribution in [0.4, 0.5) is 11.4 Å². The third kappa shape index (κ3) is 2.90. The van der Waals surface area contributed by atoms with Crippen molar-refractivity contribution in [1.82, 2.24) is 14.8 Å². The Morgan fingerprint density at radius 3 is 2.75 bits per heavy atom. The molecule has 0 aliphatic heterocycles. The second kappa shape index (κ2) is 5.91. The molecule has 2 rings (SSSR count). The predicted octanol–water partition coefficient (Wildman–Crippen LogP) is 2.37. The van der Waals surface area contributed by atoms with Gasteiger partial charge in [0.2, 0.25) is 0 Å². The first-order chi connectivity index (χ1) is 9.52. The van der Waals surface area contributed by atoms with Gasteiger partial charge in [0.1, 0.15) is 11.5 Å². The van der Waals surface area contributed by atoms with Gasteiger partial charge in [0, 0.05) is 25.9 Å². The first-order valence-corrected chi connectivity index (χ1v) is 6.95. The van der Waals surface area contributed by atoms with Gasteiger partial charge in [-0.2, -0.15) is 0 Å². The van der Waals surface area contributed by atoms with Crippen LogP contribution in [-0.2, 0) is 12.8 Å². The quantitative estimate of drug-likeness (QED) is 0.517. The lowest BCUT2D eigenvalue weighted by molar-refractivity contribution is -0.384. The molecule has 0 aliphatic carbocycles. The third-order valence-electron chi connectivity index (χ3n) is 2.95. The van der Waals surface area contributed by atoms with Gasteiger partial charge in [0.15, 0.2) is 5.16 Å². The van der Waals surface area contributed by atoms with Crippen molar-refractivity contribution in [2.75, 3.05) is 12.4 Å². The second-order valence-corrected chi connectivity index (χ2v) is 5.18. The number of nitro groups is 1.